The summed E-state index contributed by atoms with van der Waals surface area (Å²) >= 11 is 0. The first-order valence-corrected chi connectivity index (χ1v) is 7.80. The fourth-order valence-electron chi connectivity index (χ4n) is 2.83. The maximum Gasteiger partial charge on any atom is 0.255 e. The Labute approximate surface area is 135 Å². The summed E-state index contributed by atoms with van der Waals surface area (Å²) in [4.78, 5) is 20.5. The Kier molecular flexibility index (Phi) is 4.67. The number of amides is 1. The van der Waals surface area contributed by atoms with Gasteiger partial charge in [0.15, 0.2) is 0 Å². The van der Waals surface area contributed by atoms with Crippen LogP contribution < -0.4 is 0 Å². The highest BCUT2D eigenvalue weighted by atomic mass is 19.1. The van der Waals surface area contributed by atoms with Crippen molar-refractivity contribution in [3.63, 3.8) is 0 Å². The van der Waals surface area contributed by atoms with E-state index in [1.165, 1.54) is 6.07 Å². The van der Waals surface area contributed by atoms with Gasteiger partial charge in [-0.15, -0.1) is 0 Å². The van der Waals surface area contributed by atoms with E-state index in [-0.39, 0.29) is 11.7 Å². The fraction of sp³-hybridized carbons (Fsp3) is 0.333. The minimum Gasteiger partial charge on any atom is -0.336 e. The van der Waals surface area contributed by atoms with E-state index in [1.54, 1.807) is 30.6 Å². The van der Waals surface area contributed by atoms with Crippen molar-refractivity contribution in [1.29, 1.82) is 0 Å². The Hall–Kier alpha value is -2.27. The number of carbonyl (C=O) groups excluding carboxylic acids is 1. The summed E-state index contributed by atoms with van der Waals surface area (Å²) in [6.45, 7) is 5.67. The maximum atomic E-state index is 13.4. The van der Waals surface area contributed by atoms with Crippen molar-refractivity contribution in [3.8, 4) is 0 Å². The SMILES string of the molecule is Cc1ccc(F)cc1CN1CCN(C(=O)c2cccnc2)CC1. The third-order valence-electron chi connectivity index (χ3n) is 4.27. The van der Waals surface area contributed by atoms with E-state index in [2.05, 4.69) is 9.88 Å². The first-order chi connectivity index (χ1) is 11.1. The number of piperazine rings is 1. The number of nitrogens with zero attached hydrogens (tertiary/aromatic N) is 3. The van der Waals surface area contributed by atoms with Crippen LogP contribution in [0.25, 0.3) is 0 Å². The van der Waals surface area contributed by atoms with E-state index in [4.69, 9.17) is 0 Å². The molecule has 0 radical (unpaired) electrons. The summed E-state index contributed by atoms with van der Waals surface area (Å²) in [5, 5.41) is 0. The van der Waals surface area contributed by atoms with Gasteiger partial charge in [0.25, 0.3) is 5.91 Å². The number of hydrogen-bond acceptors (Lipinski definition) is 3. The highest BCUT2D eigenvalue weighted by Gasteiger charge is 2.22. The smallest absolute Gasteiger partial charge is 0.255 e. The zero-order valence-electron chi connectivity index (χ0n) is 13.2. The summed E-state index contributed by atoms with van der Waals surface area (Å²) in [6.07, 6.45) is 3.26. The van der Waals surface area contributed by atoms with Crippen LogP contribution in [0.15, 0.2) is 42.7 Å². The van der Waals surface area contributed by atoms with Crippen molar-refractivity contribution in [1.82, 2.24) is 14.8 Å². The molecule has 3 rings (SSSR count). The molecule has 120 valence electrons. The van der Waals surface area contributed by atoms with Gasteiger partial charge in [0, 0.05) is 45.1 Å². The molecule has 2 aromatic rings. The predicted octanol–water partition coefficient (Wildman–Crippen LogP) is 2.49. The minimum atomic E-state index is -0.198. The third kappa shape index (κ3) is 3.74. The first-order valence-electron chi connectivity index (χ1n) is 7.80. The molecule has 0 N–H and O–H groups in total. The van der Waals surface area contributed by atoms with Gasteiger partial charge in [0.05, 0.1) is 5.56 Å². The number of aromatic nitrogens is 1. The van der Waals surface area contributed by atoms with Crippen LogP contribution in [0.1, 0.15) is 21.5 Å². The normalized spacial score (nSPS) is 15.7. The minimum absolute atomic E-state index is 0.0275. The summed E-state index contributed by atoms with van der Waals surface area (Å²) in [5.41, 5.74) is 2.74. The molecular weight excluding hydrogens is 293 g/mol. The van der Waals surface area contributed by atoms with E-state index in [9.17, 15) is 9.18 Å². The van der Waals surface area contributed by atoms with E-state index in [0.717, 1.165) is 30.8 Å². The number of pyridine rings is 1. The van der Waals surface area contributed by atoms with Crippen molar-refractivity contribution in [3.05, 3.63) is 65.2 Å². The van der Waals surface area contributed by atoms with Crippen LogP contribution in [-0.2, 0) is 6.54 Å². The lowest BCUT2D eigenvalue weighted by atomic mass is 10.1. The molecule has 0 saturated carbocycles. The number of benzene rings is 1. The van der Waals surface area contributed by atoms with Crippen LogP contribution in [0, 0.1) is 12.7 Å². The fourth-order valence-corrected chi connectivity index (χ4v) is 2.83. The second kappa shape index (κ2) is 6.87. The van der Waals surface area contributed by atoms with E-state index < -0.39 is 0 Å². The molecule has 1 saturated heterocycles. The van der Waals surface area contributed by atoms with Crippen molar-refractivity contribution < 1.29 is 9.18 Å². The Morgan fingerprint density at radius 1 is 1.22 bits per heavy atom. The highest BCUT2D eigenvalue weighted by molar-refractivity contribution is 5.93. The third-order valence-corrected chi connectivity index (χ3v) is 4.27. The number of halogens is 1. The Morgan fingerprint density at radius 2 is 2.00 bits per heavy atom. The largest absolute Gasteiger partial charge is 0.336 e. The lowest BCUT2D eigenvalue weighted by molar-refractivity contribution is 0.0627. The van der Waals surface area contributed by atoms with Crippen LogP contribution in [0.4, 0.5) is 4.39 Å². The van der Waals surface area contributed by atoms with Crippen molar-refractivity contribution in [2.45, 2.75) is 13.5 Å². The standard InChI is InChI=1S/C18H20FN3O/c1-14-4-5-17(19)11-16(14)13-21-7-9-22(10-8-21)18(23)15-3-2-6-20-12-15/h2-6,11-12H,7-10,13H2,1H3. The first kappa shape index (κ1) is 15.6. The van der Waals surface area contributed by atoms with Gasteiger partial charge in [0.1, 0.15) is 5.82 Å². The second-order valence-electron chi connectivity index (χ2n) is 5.88. The quantitative estimate of drug-likeness (QED) is 0.873. The molecule has 2 heterocycles. The van der Waals surface area contributed by atoms with Gasteiger partial charge in [-0.3, -0.25) is 14.7 Å². The van der Waals surface area contributed by atoms with Gasteiger partial charge in [-0.2, -0.15) is 0 Å². The van der Waals surface area contributed by atoms with Crippen molar-refractivity contribution >= 4 is 5.91 Å². The number of hydrogen-bond donors (Lipinski definition) is 0. The van der Waals surface area contributed by atoms with E-state index >= 15 is 0 Å². The number of carbonyl (C=O) groups is 1. The van der Waals surface area contributed by atoms with Crippen molar-refractivity contribution in [2.75, 3.05) is 26.2 Å². The molecule has 0 spiro atoms. The predicted molar refractivity (Wildman–Crippen MR) is 86.6 cm³/mol. The molecule has 1 aromatic heterocycles. The zero-order chi connectivity index (χ0) is 16.2. The van der Waals surface area contributed by atoms with Crippen LogP contribution in [0.3, 0.4) is 0 Å². The molecule has 5 heteroatoms. The van der Waals surface area contributed by atoms with Gasteiger partial charge in [-0.05, 0) is 42.3 Å². The average Bonchev–Trinajstić information content (AvgIpc) is 2.59. The summed E-state index contributed by atoms with van der Waals surface area (Å²) in [7, 11) is 0. The molecule has 1 aliphatic heterocycles. The molecule has 4 nitrogen and oxygen atoms in total. The van der Waals surface area contributed by atoms with E-state index in [0.29, 0.717) is 18.7 Å². The van der Waals surface area contributed by atoms with Gasteiger partial charge in [-0.1, -0.05) is 6.07 Å². The lowest BCUT2D eigenvalue weighted by Gasteiger charge is -2.35. The van der Waals surface area contributed by atoms with Crippen LogP contribution >= 0.6 is 0 Å². The molecule has 1 fully saturated rings. The lowest BCUT2D eigenvalue weighted by Crippen LogP contribution is -2.48. The molecule has 1 aromatic carbocycles. The Morgan fingerprint density at radius 3 is 2.70 bits per heavy atom. The average molecular weight is 313 g/mol. The topological polar surface area (TPSA) is 36.4 Å². The van der Waals surface area contributed by atoms with Gasteiger partial charge >= 0.3 is 0 Å². The van der Waals surface area contributed by atoms with Crippen molar-refractivity contribution in [2.24, 2.45) is 0 Å². The van der Waals surface area contributed by atoms with Gasteiger partial charge < -0.3 is 4.90 Å². The molecule has 0 aliphatic carbocycles. The molecule has 0 atom stereocenters. The Balaban J connectivity index is 1.58. The van der Waals surface area contributed by atoms with Gasteiger partial charge in [0.2, 0.25) is 0 Å². The molecular formula is C18H20FN3O. The van der Waals surface area contributed by atoms with Gasteiger partial charge in [-0.25, -0.2) is 4.39 Å². The maximum absolute atomic E-state index is 13.4. The molecule has 1 aliphatic rings. The Bertz CT molecular complexity index is 682. The van der Waals surface area contributed by atoms with Crippen LogP contribution in [-0.4, -0.2) is 46.9 Å². The molecule has 1 amide bonds. The molecule has 0 bridgehead atoms. The highest BCUT2D eigenvalue weighted by Crippen LogP contribution is 2.15. The summed E-state index contributed by atoms with van der Waals surface area (Å²) < 4.78 is 13.4. The summed E-state index contributed by atoms with van der Waals surface area (Å²) in [5.74, 6) is -0.171. The molecule has 23 heavy (non-hydrogen) atoms. The summed E-state index contributed by atoms with van der Waals surface area (Å²) in [6, 6.07) is 8.46. The number of rotatable bonds is 3. The second-order valence-corrected chi connectivity index (χ2v) is 5.88. The van der Waals surface area contributed by atoms with Crippen LogP contribution in [0.5, 0.6) is 0 Å². The zero-order valence-corrected chi connectivity index (χ0v) is 13.2. The molecule has 0 unspecified atom stereocenters. The monoisotopic (exact) mass is 313 g/mol. The number of aryl methyl sites for hydroxylation is 1. The van der Waals surface area contributed by atoms with E-state index in [1.807, 2.05) is 17.9 Å². The van der Waals surface area contributed by atoms with Crippen LogP contribution in [0.2, 0.25) is 0 Å².